The third kappa shape index (κ3) is 2.63. The molecule has 2 heterocycles. The van der Waals surface area contributed by atoms with Crippen LogP contribution >= 0.6 is 0 Å². The SMILES string of the molecule is Cc1cnc(-c2noc(CC3(N)CCCC3)n2)nc1. The van der Waals surface area contributed by atoms with Crippen molar-refractivity contribution in [2.45, 2.75) is 44.6 Å². The standard InChI is InChI=1S/C13H17N5O/c1-9-7-15-11(16-8-9)12-17-10(19-18-12)6-13(14)4-2-3-5-13/h7-8H,2-6,14H2,1H3. The largest absolute Gasteiger partial charge is 0.339 e. The summed E-state index contributed by atoms with van der Waals surface area (Å²) in [5.74, 6) is 1.48. The monoisotopic (exact) mass is 259 g/mol. The van der Waals surface area contributed by atoms with E-state index in [9.17, 15) is 0 Å². The van der Waals surface area contributed by atoms with Gasteiger partial charge < -0.3 is 10.3 Å². The summed E-state index contributed by atoms with van der Waals surface area (Å²) in [5, 5.41) is 3.92. The Kier molecular flexibility index (Phi) is 3.02. The summed E-state index contributed by atoms with van der Waals surface area (Å²) in [6.45, 7) is 1.93. The van der Waals surface area contributed by atoms with Gasteiger partial charge in [-0.3, -0.25) is 0 Å². The Morgan fingerprint density at radius 3 is 2.58 bits per heavy atom. The van der Waals surface area contributed by atoms with Gasteiger partial charge in [0.2, 0.25) is 17.5 Å². The molecule has 1 aliphatic carbocycles. The predicted octanol–water partition coefficient (Wildman–Crippen LogP) is 1.65. The molecule has 0 radical (unpaired) electrons. The van der Waals surface area contributed by atoms with Crippen LogP contribution in [0.4, 0.5) is 0 Å². The molecule has 1 fully saturated rings. The third-order valence-corrected chi connectivity index (χ3v) is 3.55. The Balaban J connectivity index is 1.77. The number of hydrogen-bond donors (Lipinski definition) is 1. The van der Waals surface area contributed by atoms with Crippen LogP contribution < -0.4 is 5.73 Å². The second-order valence-electron chi connectivity index (χ2n) is 5.34. The molecular weight excluding hydrogens is 242 g/mol. The van der Waals surface area contributed by atoms with Crippen LogP contribution in [0.25, 0.3) is 11.6 Å². The maximum Gasteiger partial charge on any atom is 0.240 e. The zero-order valence-electron chi connectivity index (χ0n) is 11.0. The van der Waals surface area contributed by atoms with Crippen molar-refractivity contribution in [2.75, 3.05) is 0 Å². The average Bonchev–Trinajstić information content (AvgIpc) is 3.00. The lowest BCUT2D eigenvalue weighted by Crippen LogP contribution is -2.38. The van der Waals surface area contributed by atoms with Gasteiger partial charge in [-0.25, -0.2) is 9.97 Å². The van der Waals surface area contributed by atoms with Crippen molar-refractivity contribution in [3.63, 3.8) is 0 Å². The van der Waals surface area contributed by atoms with Crippen LogP contribution in [0.15, 0.2) is 16.9 Å². The highest BCUT2D eigenvalue weighted by atomic mass is 16.5. The number of rotatable bonds is 3. The number of aromatic nitrogens is 4. The third-order valence-electron chi connectivity index (χ3n) is 3.55. The minimum atomic E-state index is -0.183. The van der Waals surface area contributed by atoms with Gasteiger partial charge in [-0.2, -0.15) is 4.98 Å². The highest BCUT2D eigenvalue weighted by Crippen LogP contribution is 2.30. The topological polar surface area (TPSA) is 90.7 Å². The molecular formula is C13H17N5O. The maximum atomic E-state index is 6.30. The van der Waals surface area contributed by atoms with E-state index in [4.69, 9.17) is 10.3 Å². The fourth-order valence-electron chi connectivity index (χ4n) is 2.48. The van der Waals surface area contributed by atoms with Gasteiger partial charge in [0, 0.05) is 24.4 Å². The van der Waals surface area contributed by atoms with Crippen molar-refractivity contribution in [3.8, 4) is 11.6 Å². The minimum Gasteiger partial charge on any atom is -0.339 e. The zero-order chi connectivity index (χ0) is 13.3. The first-order chi connectivity index (χ1) is 9.15. The quantitative estimate of drug-likeness (QED) is 0.901. The molecule has 1 saturated carbocycles. The molecule has 3 rings (SSSR count). The van der Waals surface area contributed by atoms with Gasteiger partial charge in [0.15, 0.2) is 0 Å². The van der Waals surface area contributed by atoms with Gasteiger partial charge in [0.1, 0.15) is 0 Å². The molecule has 0 aromatic carbocycles. The molecule has 0 bridgehead atoms. The Labute approximate surface area is 111 Å². The molecule has 0 amide bonds. The fraction of sp³-hybridized carbons (Fsp3) is 0.538. The number of hydrogen-bond acceptors (Lipinski definition) is 6. The number of nitrogens with zero attached hydrogens (tertiary/aromatic N) is 4. The lowest BCUT2D eigenvalue weighted by atomic mass is 9.95. The molecule has 6 heteroatoms. The van der Waals surface area contributed by atoms with Crippen LogP contribution in [0, 0.1) is 6.92 Å². The van der Waals surface area contributed by atoms with E-state index in [2.05, 4.69) is 20.1 Å². The van der Waals surface area contributed by atoms with Gasteiger partial charge in [0.05, 0.1) is 0 Å². The molecule has 0 unspecified atom stereocenters. The molecule has 1 aliphatic rings. The van der Waals surface area contributed by atoms with Crippen LogP contribution in [0.3, 0.4) is 0 Å². The van der Waals surface area contributed by atoms with Gasteiger partial charge in [-0.15, -0.1) is 0 Å². The van der Waals surface area contributed by atoms with E-state index in [1.54, 1.807) is 12.4 Å². The molecule has 0 saturated heterocycles. The first kappa shape index (κ1) is 12.2. The van der Waals surface area contributed by atoms with Crippen molar-refractivity contribution in [3.05, 3.63) is 23.8 Å². The summed E-state index contributed by atoms with van der Waals surface area (Å²) in [7, 11) is 0. The molecule has 0 spiro atoms. The van der Waals surface area contributed by atoms with Crippen molar-refractivity contribution >= 4 is 0 Å². The van der Waals surface area contributed by atoms with Crippen molar-refractivity contribution in [1.29, 1.82) is 0 Å². The van der Waals surface area contributed by atoms with E-state index in [0.717, 1.165) is 18.4 Å². The normalized spacial score (nSPS) is 17.8. The Bertz CT molecular complexity index is 557. The molecule has 100 valence electrons. The second kappa shape index (κ2) is 4.70. The van der Waals surface area contributed by atoms with Crippen LogP contribution in [0.5, 0.6) is 0 Å². The summed E-state index contributed by atoms with van der Waals surface area (Å²) in [5.41, 5.74) is 7.12. The average molecular weight is 259 g/mol. The lowest BCUT2D eigenvalue weighted by Gasteiger charge is -2.20. The highest BCUT2D eigenvalue weighted by Gasteiger charge is 2.31. The van der Waals surface area contributed by atoms with E-state index in [1.165, 1.54) is 12.8 Å². The molecule has 6 nitrogen and oxygen atoms in total. The van der Waals surface area contributed by atoms with Gasteiger partial charge in [0.25, 0.3) is 0 Å². The summed E-state index contributed by atoms with van der Waals surface area (Å²) in [6, 6.07) is 0. The first-order valence-corrected chi connectivity index (χ1v) is 6.55. The smallest absolute Gasteiger partial charge is 0.240 e. The van der Waals surface area contributed by atoms with Crippen LogP contribution in [0.1, 0.15) is 37.1 Å². The van der Waals surface area contributed by atoms with E-state index < -0.39 is 0 Å². The molecule has 19 heavy (non-hydrogen) atoms. The van der Waals surface area contributed by atoms with Gasteiger partial charge in [-0.05, 0) is 25.3 Å². The van der Waals surface area contributed by atoms with Crippen LogP contribution in [0.2, 0.25) is 0 Å². The number of nitrogens with two attached hydrogens (primary N) is 1. The Hall–Kier alpha value is -1.82. The summed E-state index contributed by atoms with van der Waals surface area (Å²) in [6.07, 6.45) is 8.50. The van der Waals surface area contributed by atoms with Crippen LogP contribution in [-0.4, -0.2) is 25.6 Å². The van der Waals surface area contributed by atoms with Crippen molar-refractivity contribution in [2.24, 2.45) is 5.73 Å². The lowest BCUT2D eigenvalue weighted by molar-refractivity contribution is 0.329. The van der Waals surface area contributed by atoms with E-state index >= 15 is 0 Å². The fourth-order valence-corrected chi connectivity index (χ4v) is 2.48. The molecule has 2 N–H and O–H groups in total. The van der Waals surface area contributed by atoms with Crippen LogP contribution in [-0.2, 0) is 6.42 Å². The Morgan fingerprint density at radius 2 is 1.89 bits per heavy atom. The predicted molar refractivity (Wildman–Crippen MR) is 69.2 cm³/mol. The van der Waals surface area contributed by atoms with E-state index in [1.807, 2.05) is 6.92 Å². The summed E-state index contributed by atoms with van der Waals surface area (Å²) >= 11 is 0. The first-order valence-electron chi connectivity index (χ1n) is 6.55. The highest BCUT2D eigenvalue weighted by molar-refractivity contribution is 5.40. The van der Waals surface area contributed by atoms with Gasteiger partial charge in [-0.1, -0.05) is 18.0 Å². The Morgan fingerprint density at radius 1 is 1.21 bits per heavy atom. The second-order valence-corrected chi connectivity index (χ2v) is 5.34. The minimum absolute atomic E-state index is 0.183. The van der Waals surface area contributed by atoms with Gasteiger partial charge >= 0.3 is 0 Å². The van der Waals surface area contributed by atoms with E-state index in [0.29, 0.717) is 24.0 Å². The zero-order valence-corrected chi connectivity index (χ0v) is 11.0. The molecule has 0 aliphatic heterocycles. The summed E-state index contributed by atoms with van der Waals surface area (Å²) in [4.78, 5) is 12.7. The maximum absolute atomic E-state index is 6.30. The molecule has 0 atom stereocenters. The van der Waals surface area contributed by atoms with Crippen molar-refractivity contribution < 1.29 is 4.52 Å². The summed E-state index contributed by atoms with van der Waals surface area (Å²) < 4.78 is 5.26. The molecule has 2 aromatic heterocycles. The molecule has 2 aromatic rings. The van der Waals surface area contributed by atoms with Crippen molar-refractivity contribution in [1.82, 2.24) is 20.1 Å². The van der Waals surface area contributed by atoms with E-state index in [-0.39, 0.29) is 5.54 Å². The number of aryl methyl sites for hydroxylation is 1.